The van der Waals surface area contributed by atoms with Crippen LogP contribution in [0.1, 0.15) is 57.9 Å². The summed E-state index contributed by atoms with van der Waals surface area (Å²) in [7, 11) is 0. The summed E-state index contributed by atoms with van der Waals surface area (Å²) in [5.74, 6) is 2.02. The summed E-state index contributed by atoms with van der Waals surface area (Å²) >= 11 is 0. The van der Waals surface area contributed by atoms with Gasteiger partial charge in [-0.05, 0) is 32.2 Å². The minimum atomic E-state index is 0.380. The monoisotopic (exact) mass is 321 g/mol. The molecule has 0 amide bonds. The molecule has 0 spiro atoms. The Morgan fingerprint density at radius 2 is 2.17 bits per heavy atom. The molecule has 0 atom stereocenters. The molecule has 0 unspecified atom stereocenters. The van der Waals surface area contributed by atoms with Gasteiger partial charge < -0.3 is 15.2 Å². The Bertz CT molecular complexity index is 493. The van der Waals surface area contributed by atoms with Gasteiger partial charge in [0.2, 0.25) is 0 Å². The van der Waals surface area contributed by atoms with E-state index < -0.39 is 0 Å². The number of aliphatic imine (C=N–C) groups is 1. The van der Waals surface area contributed by atoms with Gasteiger partial charge in [-0.3, -0.25) is 4.90 Å². The third-order valence-corrected chi connectivity index (χ3v) is 4.07. The Hall–Kier alpha value is -1.56. The molecule has 1 aromatic rings. The summed E-state index contributed by atoms with van der Waals surface area (Å²) < 4.78 is 5.33. The second-order valence-electron chi connectivity index (χ2n) is 6.35. The van der Waals surface area contributed by atoms with Crippen LogP contribution < -0.4 is 10.6 Å². The molecule has 6 heteroatoms. The molecular weight excluding hydrogens is 290 g/mol. The lowest BCUT2D eigenvalue weighted by atomic mass is 10.1. The highest BCUT2D eigenvalue weighted by molar-refractivity contribution is 5.79. The average Bonchev–Trinajstić information content (AvgIpc) is 3.25. The van der Waals surface area contributed by atoms with Gasteiger partial charge in [-0.15, -0.1) is 0 Å². The standard InChI is InChI=1S/C17H31N5O/c1-5-18-17(19-9-10-22(6-2)14-7-8-14)20-12-15-11-16(13(3)4)21-23-15/h11,13-14H,5-10,12H2,1-4H3,(H2,18,19,20). The minimum Gasteiger partial charge on any atom is -0.359 e. The lowest BCUT2D eigenvalue weighted by molar-refractivity contribution is 0.282. The van der Waals surface area contributed by atoms with Crippen molar-refractivity contribution in [2.24, 2.45) is 4.99 Å². The molecule has 2 rings (SSSR count). The number of nitrogens with one attached hydrogen (secondary N) is 2. The van der Waals surface area contributed by atoms with E-state index in [4.69, 9.17) is 4.52 Å². The van der Waals surface area contributed by atoms with E-state index in [9.17, 15) is 0 Å². The van der Waals surface area contributed by atoms with Crippen molar-refractivity contribution < 1.29 is 4.52 Å². The number of hydrogen-bond acceptors (Lipinski definition) is 4. The summed E-state index contributed by atoms with van der Waals surface area (Å²) in [5, 5.41) is 10.8. The second kappa shape index (κ2) is 8.91. The van der Waals surface area contributed by atoms with E-state index in [1.54, 1.807) is 0 Å². The normalized spacial score (nSPS) is 15.5. The predicted molar refractivity (Wildman–Crippen MR) is 93.7 cm³/mol. The van der Waals surface area contributed by atoms with E-state index in [2.05, 4.69) is 53.4 Å². The van der Waals surface area contributed by atoms with Crippen LogP contribution in [0.4, 0.5) is 0 Å². The van der Waals surface area contributed by atoms with Gasteiger partial charge in [0.1, 0.15) is 6.54 Å². The molecule has 1 aliphatic carbocycles. The molecule has 6 nitrogen and oxygen atoms in total. The first-order chi connectivity index (χ1) is 11.1. The first-order valence-electron chi connectivity index (χ1n) is 8.85. The molecule has 1 aromatic heterocycles. The molecule has 0 saturated heterocycles. The van der Waals surface area contributed by atoms with Crippen LogP contribution in [0.25, 0.3) is 0 Å². The molecule has 2 N–H and O–H groups in total. The van der Waals surface area contributed by atoms with Crippen LogP contribution in [-0.4, -0.2) is 48.2 Å². The van der Waals surface area contributed by atoms with Gasteiger partial charge in [0.05, 0.1) is 5.69 Å². The summed E-state index contributed by atoms with van der Waals surface area (Å²) in [5.41, 5.74) is 0.983. The predicted octanol–water partition coefficient (Wildman–Crippen LogP) is 2.34. The van der Waals surface area contributed by atoms with Crippen molar-refractivity contribution in [1.82, 2.24) is 20.7 Å². The Morgan fingerprint density at radius 3 is 2.74 bits per heavy atom. The smallest absolute Gasteiger partial charge is 0.191 e. The molecule has 0 aromatic carbocycles. The Kier molecular flexibility index (Phi) is 6.89. The summed E-state index contributed by atoms with van der Waals surface area (Å²) in [6.07, 6.45) is 2.71. The third kappa shape index (κ3) is 5.86. The van der Waals surface area contributed by atoms with Crippen LogP contribution >= 0.6 is 0 Å². The fourth-order valence-corrected chi connectivity index (χ4v) is 2.53. The lowest BCUT2D eigenvalue weighted by Gasteiger charge is -2.20. The number of nitrogens with zero attached hydrogens (tertiary/aromatic N) is 3. The summed E-state index contributed by atoms with van der Waals surface area (Å²) in [4.78, 5) is 7.11. The van der Waals surface area contributed by atoms with Crippen LogP contribution in [-0.2, 0) is 6.54 Å². The third-order valence-electron chi connectivity index (χ3n) is 4.07. The van der Waals surface area contributed by atoms with Crippen molar-refractivity contribution in [2.45, 2.75) is 59.0 Å². The number of guanidine groups is 1. The Balaban J connectivity index is 1.81. The van der Waals surface area contributed by atoms with Gasteiger partial charge in [-0.25, -0.2) is 4.99 Å². The molecule has 1 saturated carbocycles. The van der Waals surface area contributed by atoms with Crippen molar-refractivity contribution in [3.8, 4) is 0 Å². The van der Waals surface area contributed by atoms with Gasteiger partial charge >= 0.3 is 0 Å². The van der Waals surface area contributed by atoms with Crippen molar-refractivity contribution in [3.63, 3.8) is 0 Å². The highest BCUT2D eigenvalue weighted by atomic mass is 16.5. The number of rotatable bonds is 9. The van der Waals surface area contributed by atoms with E-state index in [-0.39, 0.29) is 0 Å². The maximum absolute atomic E-state index is 5.33. The highest BCUT2D eigenvalue weighted by Gasteiger charge is 2.27. The van der Waals surface area contributed by atoms with Gasteiger partial charge in [0.25, 0.3) is 0 Å². The van der Waals surface area contributed by atoms with Crippen LogP contribution in [0.3, 0.4) is 0 Å². The zero-order valence-electron chi connectivity index (χ0n) is 14.9. The minimum absolute atomic E-state index is 0.380. The number of likely N-dealkylation sites (N-methyl/N-ethyl adjacent to an activating group) is 1. The largest absolute Gasteiger partial charge is 0.359 e. The Labute approximate surface area is 139 Å². The van der Waals surface area contributed by atoms with Gasteiger partial charge in [-0.1, -0.05) is 25.9 Å². The number of hydrogen-bond donors (Lipinski definition) is 2. The van der Waals surface area contributed by atoms with Crippen molar-refractivity contribution in [3.05, 3.63) is 17.5 Å². The van der Waals surface area contributed by atoms with Crippen molar-refractivity contribution in [1.29, 1.82) is 0 Å². The van der Waals surface area contributed by atoms with Gasteiger partial charge in [0.15, 0.2) is 11.7 Å². The van der Waals surface area contributed by atoms with Gasteiger partial charge in [-0.2, -0.15) is 0 Å². The molecule has 1 fully saturated rings. The molecule has 0 radical (unpaired) electrons. The molecule has 0 bridgehead atoms. The maximum Gasteiger partial charge on any atom is 0.191 e. The van der Waals surface area contributed by atoms with Crippen molar-refractivity contribution >= 4 is 5.96 Å². The average molecular weight is 321 g/mol. The summed E-state index contributed by atoms with van der Waals surface area (Å²) in [6, 6.07) is 2.80. The first kappa shape index (κ1) is 17.8. The topological polar surface area (TPSA) is 65.7 Å². The zero-order valence-corrected chi connectivity index (χ0v) is 14.9. The van der Waals surface area contributed by atoms with E-state index >= 15 is 0 Å². The Morgan fingerprint density at radius 1 is 1.39 bits per heavy atom. The molecular formula is C17H31N5O. The molecule has 130 valence electrons. The SMILES string of the molecule is CCNC(=NCc1cc(C(C)C)no1)NCCN(CC)C1CC1. The molecule has 23 heavy (non-hydrogen) atoms. The van der Waals surface area contributed by atoms with E-state index in [0.717, 1.165) is 49.6 Å². The van der Waals surface area contributed by atoms with Crippen LogP contribution in [0, 0.1) is 0 Å². The van der Waals surface area contributed by atoms with Crippen LogP contribution in [0.5, 0.6) is 0 Å². The van der Waals surface area contributed by atoms with Gasteiger partial charge in [0, 0.05) is 31.7 Å². The van der Waals surface area contributed by atoms with Crippen LogP contribution in [0.15, 0.2) is 15.6 Å². The van der Waals surface area contributed by atoms with E-state index in [1.807, 2.05) is 6.07 Å². The quantitative estimate of drug-likeness (QED) is 0.540. The fraction of sp³-hybridized carbons (Fsp3) is 0.765. The highest BCUT2D eigenvalue weighted by Crippen LogP contribution is 2.25. The number of aromatic nitrogens is 1. The second-order valence-corrected chi connectivity index (χ2v) is 6.35. The molecule has 1 heterocycles. The van der Waals surface area contributed by atoms with Crippen molar-refractivity contribution in [2.75, 3.05) is 26.2 Å². The fourth-order valence-electron chi connectivity index (χ4n) is 2.53. The van der Waals surface area contributed by atoms with E-state index in [0.29, 0.717) is 12.5 Å². The maximum atomic E-state index is 5.33. The zero-order chi connectivity index (χ0) is 16.7. The molecule has 0 aliphatic heterocycles. The van der Waals surface area contributed by atoms with E-state index in [1.165, 1.54) is 12.8 Å². The van der Waals surface area contributed by atoms with Crippen LogP contribution in [0.2, 0.25) is 0 Å². The molecule has 1 aliphatic rings. The first-order valence-corrected chi connectivity index (χ1v) is 8.85. The summed E-state index contributed by atoms with van der Waals surface area (Å²) in [6.45, 7) is 13.0. The lowest BCUT2D eigenvalue weighted by Crippen LogP contribution is -2.42.